The molecule has 0 N–H and O–H groups in total. The summed E-state index contributed by atoms with van der Waals surface area (Å²) in [4.78, 5) is -0.866. The Hall–Kier alpha value is -2.84. The Kier molecular flexibility index (Phi) is 7.39. The molecule has 0 aliphatic heterocycles. The molecule has 0 unspecified atom stereocenters. The molecule has 0 radical (unpaired) electrons. The fourth-order valence-electron chi connectivity index (χ4n) is 2.95. The molecule has 0 aliphatic carbocycles. The van der Waals surface area contributed by atoms with Gasteiger partial charge < -0.3 is 0 Å². The Morgan fingerprint density at radius 2 is 0.886 bits per heavy atom. The van der Waals surface area contributed by atoms with Gasteiger partial charge in [0.1, 0.15) is 4.90 Å². The van der Waals surface area contributed by atoms with Crippen LogP contribution in [0.3, 0.4) is 0 Å². The van der Waals surface area contributed by atoms with Gasteiger partial charge in [0.05, 0.1) is 5.02 Å². The molecular weight excluding hydrogens is 544 g/mol. The zero-order valence-electron chi connectivity index (χ0n) is 16.6. The number of hydrogen-bond donors (Lipinski definition) is 0. The first kappa shape index (κ1) is 26.8. The summed E-state index contributed by atoms with van der Waals surface area (Å²) in [6.07, 6.45) is 0. The third-order valence-electron chi connectivity index (χ3n) is 4.72. The summed E-state index contributed by atoms with van der Waals surface area (Å²) in [5, 5.41) is -0.549. The number of sulfonamides is 1. The molecule has 0 aliphatic rings. The average molecular weight is 552 g/mol. The fourth-order valence-corrected chi connectivity index (χ4v) is 4.82. The highest BCUT2D eigenvalue weighted by Crippen LogP contribution is 2.32. The van der Waals surface area contributed by atoms with Gasteiger partial charge in [0.2, 0.25) is 21.7 Å². The molecule has 0 atom stereocenters. The van der Waals surface area contributed by atoms with Crippen molar-refractivity contribution in [2.75, 3.05) is 0 Å². The lowest BCUT2D eigenvalue weighted by Gasteiger charge is -2.24. The number of benzene rings is 3. The first-order valence-electron chi connectivity index (χ1n) is 8.97. The summed E-state index contributed by atoms with van der Waals surface area (Å²) in [7, 11) is -5.21. The topological polar surface area (TPSA) is 37.4 Å². The van der Waals surface area contributed by atoms with Crippen molar-refractivity contribution >= 4 is 21.6 Å². The molecule has 0 spiro atoms. The third-order valence-corrected chi connectivity index (χ3v) is 7.02. The summed E-state index contributed by atoms with van der Waals surface area (Å²) < 4.78 is 164. The number of halogens is 11. The van der Waals surface area contributed by atoms with Crippen molar-refractivity contribution in [1.82, 2.24) is 4.31 Å². The molecule has 0 fully saturated rings. The standard InChI is InChI=1S/C20H8ClF10NO2S/c21-9-3-1-2-4-10(9)35(33,34)32(5-7-11(22)15(26)19(30)16(27)12(7)23)6-8-13(24)17(28)20(31)18(29)14(8)25/h1-4H,5-6H2. The average Bonchev–Trinajstić information content (AvgIpc) is 2.83. The Bertz CT molecular complexity index is 1320. The van der Waals surface area contributed by atoms with E-state index in [0.29, 0.717) is 0 Å². The molecular formula is C20H8ClF10NO2S. The minimum absolute atomic E-state index is 0.259. The predicted molar refractivity (Wildman–Crippen MR) is 100 cm³/mol. The smallest absolute Gasteiger partial charge is 0.207 e. The minimum atomic E-state index is -5.21. The van der Waals surface area contributed by atoms with Crippen molar-refractivity contribution < 1.29 is 52.3 Å². The highest BCUT2D eigenvalue weighted by molar-refractivity contribution is 7.89. The normalized spacial score (nSPS) is 12.0. The van der Waals surface area contributed by atoms with Gasteiger partial charge in [0.15, 0.2) is 46.5 Å². The van der Waals surface area contributed by atoms with E-state index in [1.54, 1.807) is 0 Å². The molecule has 35 heavy (non-hydrogen) atoms. The Balaban J connectivity index is 2.27. The van der Waals surface area contributed by atoms with Gasteiger partial charge in [-0.2, -0.15) is 4.31 Å². The summed E-state index contributed by atoms with van der Waals surface area (Å²) >= 11 is 5.79. The van der Waals surface area contributed by atoms with Crippen LogP contribution in [0.2, 0.25) is 5.02 Å². The monoisotopic (exact) mass is 551 g/mol. The molecule has 0 heterocycles. The van der Waals surface area contributed by atoms with Crippen molar-refractivity contribution in [2.24, 2.45) is 0 Å². The van der Waals surface area contributed by atoms with Crippen LogP contribution in [-0.4, -0.2) is 12.7 Å². The number of hydrogen-bond acceptors (Lipinski definition) is 2. The lowest BCUT2D eigenvalue weighted by atomic mass is 10.1. The third kappa shape index (κ3) is 4.57. The first-order chi connectivity index (χ1) is 16.2. The second-order valence-electron chi connectivity index (χ2n) is 6.80. The maximum absolute atomic E-state index is 14.2. The van der Waals surface area contributed by atoms with Crippen molar-refractivity contribution in [3.05, 3.63) is 98.6 Å². The zero-order chi connectivity index (χ0) is 26.4. The molecule has 0 amide bonds. The van der Waals surface area contributed by atoms with E-state index < -0.39 is 102 Å². The molecule has 0 saturated carbocycles. The van der Waals surface area contributed by atoms with E-state index in [4.69, 9.17) is 11.6 Å². The molecule has 15 heteroatoms. The fraction of sp³-hybridized carbons (Fsp3) is 0.100. The van der Waals surface area contributed by atoms with Crippen molar-refractivity contribution in [3.63, 3.8) is 0 Å². The van der Waals surface area contributed by atoms with E-state index in [2.05, 4.69) is 0 Å². The molecule has 0 aromatic heterocycles. The quantitative estimate of drug-likeness (QED) is 0.210. The van der Waals surface area contributed by atoms with Crippen LogP contribution in [0, 0.1) is 58.2 Å². The lowest BCUT2D eigenvalue weighted by molar-refractivity contribution is 0.326. The molecule has 188 valence electrons. The minimum Gasteiger partial charge on any atom is -0.207 e. The molecule has 3 nitrogen and oxygen atoms in total. The van der Waals surface area contributed by atoms with Gasteiger partial charge in [-0.1, -0.05) is 23.7 Å². The molecule has 3 aromatic rings. The Labute approximate surface area is 195 Å². The van der Waals surface area contributed by atoms with Gasteiger partial charge >= 0.3 is 0 Å². The van der Waals surface area contributed by atoms with Gasteiger partial charge in [0, 0.05) is 24.2 Å². The van der Waals surface area contributed by atoms with Crippen LogP contribution in [0.25, 0.3) is 0 Å². The number of rotatable bonds is 6. The first-order valence-corrected chi connectivity index (χ1v) is 10.8. The highest BCUT2D eigenvalue weighted by atomic mass is 35.5. The summed E-state index contributed by atoms with van der Waals surface area (Å²) in [5.41, 5.74) is -3.53. The summed E-state index contributed by atoms with van der Waals surface area (Å²) in [5.74, 6) is -25.0. The lowest BCUT2D eigenvalue weighted by Crippen LogP contribution is -2.33. The number of nitrogens with zero attached hydrogens (tertiary/aromatic N) is 1. The molecule has 0 bridgehead atoms. The maximum Gasteiger partial charge on any atom is 0.245 e. The van der Waals surface area contributed by atoms with Crippen LogP contribution < -0.4 is 0 Å². The molecule has 0 saturated heterocycles. The largest absolute Gasteiger partial charge is 0.245 e. The SMILES string of the molecule is O=S(=O)(c1ccccc1Cl)N(Cc1c(F)c(F)c(F)c(F)c1F)Cc1c(F)c(F)c(F)c(F)c1F. The van der Waals surface area contributed by atoms with Crippen LogP contribution in [-0.2, 0) is 23.1 Å². The predicted octanol–water partition coefficient (Wildman–Crippen LogP) is 6.12. The van der Waals surface area contributed by atoms with E-state index in [0.717, 1.165) is 18.2 Å². The Morgan fingerprint density at radius 1 is 0.571 bits per heavy atom. The highest BCUT2D eigenvalue weighted by Gasteiger charge is 2.35. The Morgan fingerprint density at radius 3 is 1.23 bits per heavy atom. The van der Waals surface area contributed by atoms with E-state index in [-0.39, 0.29) is 4.31 Å². The van der Waals surface area contributed by atoms with E-state index in [9.17, 15) is 52.3 Å². The van der Waals surface area contributed by atoms with Crippen LogP contribution in [0.1, 0.15) is 11.1 Å². The van der Waals surface area contributed by atoms with Crippen molar-refractivity contribution in [3.8, 4) is 0 Å². The van der Waals surface area contributed by atoms with E-state index >= 15 is 0 Å². The summed E-state index contributed by atoms with van der Waals surface area (Å²) in [6.45, 7) is -3.56. The van der Waals surface area contributed by atoms with Gasteiger partial charge in [-0.25, -0.2) is 52.3 Å². The zero-order valence-corrected chi connectivity index (χ0v) is 18.1. The van der Waals surface area contributed by atoms with Gasteiger partial charge in [0.25, 0.3) is 0 Å². The van der Waals surface area contributed by atoms with Crippen LogP contribution in [0.4, 0.5) is 43.9 Å². The molecule has 3 rings (SSSR count). The van der Waals surface area contributed by atoms with Crippen molar-refractivity contribution in [1.29, 1.82) is 0 Å². The van der Waals surface area contributed by atoms with Gasteiger partial charge in [-0.3, -0.25) is 0 Å². The molecule has 3 aromatic carbocycles. The second kappa shape index (κ2) is 9.66. The van der Waals surface area contributed by atoms with E-state index in [1.807, 2.05) is 0 Å². The van der Waals surface area contributed by atoms with Gasteiger partial charge in [-0.05, 0) is 12.1 Å². The van der Waals surface area contributed by atoms with Crippen molar-refractivity contribution in [2.45, 2.75) is 18.0 Å². The van der Waals surface area contributed by atoms with Gasteiger partial charge in [-0.15, -0.1) is 0 Å². The van der Waals surface area contributed by atoms with Crippen LogP contribution in [0.15, 0.2) is 29.2 Å². The van der Waals surface area contributed by atoms with E-state index in [1.165, 1.54) is 6.07 Å². The van der Waals surface area contributed by atoms with Crippen LogP contribution >= 0.6 is 11.6 Å². The van der Waals surface area contributed by atoms with Crippen LogP contribution in [0.5, 0.6) is 0 Å². The summed E-state index contributed by atoms with van der Waals surface area (Å²) in [6, 6.07) is 4.14. The maximum atomic E-state index is 14.2. The second-order valence-corrected chi connectivity index (χ2v) is 9.11.